The van der Waals surface area contributed by atoms with Gasteiger partial charge in [0, 0.05) is 25.7 Å². The fourth-order valence-electron chi connectivity index (χ4n) is 13.1. The van der Waals surface area contributed by atoms with Gasteiger partial charge in [-0.1, -0.05) is 395 Å². The molecule has 0 radical (unpaired) electrons. The van der Waals surface area contributed by atoms with Crippen LogP contribution in [0.25, 0.3) is 0 Å². The van der Waals surface area contributed by atoms with Crippen LogP contribution in [-0.2, 0) is 65.4 Å². The molecule has 0 rings (SSSR count). The molecule has 0 spiro atoms. The number of hydrogen-bond acceptors (Lipinski definition) is 15. The molecule has 0 aliphatic carbocycles. The minimum Gasteiger partial charge on any atom is -0.462 e. The number of carbonyl (C=O) groups is 4. The molecule has 5 atom stereocenters. The van der Waals surface area contributed by atoms with Gasteiger partial charge in [0.05, 0.1) is 26.4 Å². The van der Waals surface area contributed by atoms with Gasteiger partial charge in [-0.05, 0) is 37.5 Å². The van der Waals surface area contributed by atoms with Gasteiger partial charge in [-0.3, -0.25) is 37.3 Å². The van der Waals surface area contributed by atoms with E-state index >= 15 is 0 Å². The summed E-state index contributed by atoms with van der Waals surface area (Å²) in [5.74, 6) is -0.569. The molecule has 0 aliphatic heterocycles. The number of hydrogen-bond donors (Lipinski definition) is 3. The normalized spacial score (nSPS) is 13.9. The third-order valence-electron chi connectivity index (χ3n) is 19.7. The number of esters is 4. The molecule has 17 nitrogen and oxygen atoms in total. The van der Waals surface area contributed by atoms with Crippen molar-refractivity contribution in [3.63, 3.8) is 0 Å². The van der Waals surface area contributed by atoms with Crippen molar-refractivity contribution in [2.24, 2.45) is 11.8 Å². The Morgan fingerprint density at radius 1 is 0.262 bits per heavy atom. The third kappa shape index (κ3) is 78.0. The smallest absolute Gasteiger partial charge is 0.462 e. The predicted octanol–water partition coefficient (Wildman–Crippen LogP) is 25.5. The lowest BCUT2D eigenvalue weighted by Crippen LogP contribution is -2.30. The third-order valence-corrected chi connectivity index (χ3v) is 21.6. The molecule has 19 heteroatoms. The number of carbonyl (C=O) groups excluding carboxylic acids is 4. The van der Waals surface area contributed by atoms with Crippen LogP contribution in [0, 0.1) is 11.8 Å². The average molecular weight is 1510 g/mol. The average Bonchev–Trinajstić information content (AvgIpc) is 0.912. The molecule has 103 heavy (non-hydrogen) atoms. The maximum absolute atomic E-state index is 13.1. The monoisotopic (exact) mass is 1510 g/mol. The summed E-state index contributed by atoms with van der Waals surface area (Å²) >= 11 is 0. The first-order valence-corrected chi connectivity index (χ1v) is 46.5. The summed E-state index contributed by atoms with van der Waals surface area (Å²) in [5, 5.41) is 10.7. The number of ether oxygens (including phenoxy) is 4. The van der Waals surface area contributed by atoms with Crippen LogP contribution in [0.2, 0.25) is 0 Å². The van der Waals surface area contributed by atoms with Gasteiger partial charge in [0.15, 0.2) is 12.2 Å². The molecule has 0 aromatic rings. The van der Waals surface area contributed by atoms with E-state index in [2.05, 4.69) is 41.5 Å². The Morgan fingerprint density at radius 2 is 0.447 bits per heavy atom. The maximum atomic E-state index is 13.1. The molecule has 0 heterocycles. The summed E-state index contributed by atoms with van der Waals surface area (Å²) < 4.78 is 68.8. The van der Waals surface area contributed by atoms with Gasteiger partial charge in [0.25, 0.3) is 0 Å². The summed E-state index contributed by atoms with van der Waals surface area (Å²) in [7, 11) is -9.92. The van der Waals surface area contributed by atoms with Gasteiger partial charge in [0.2, 0.25) is 0 Å². The fraction of sp³-hybridized carbons (Fsp3) is 0.952. The minimum absolute atomic E-state index is 0.108. The predicted molar refractivity (Wildman–Crippen MR) is 423 cm³/mol. The van der Waals surface area contributed by atoms with Gasteiger partial charge in [-0.25, -0.2) is 9.13 Å². The number of aliphatic hydroxyl groups is 1. The molecule has 0 aromatic carbocycles. The highest BCUT2D eigenvalue weighted by Crippen LogP contribution is 2.45. The van der Waals surface area contributed by atoms with Crippen molar-refractivity contribution in [2.45, 2.75) is 464 Å². The first-order chi connectivity index (χ1) is 49.9. The van der Waals surface area contributed by atoms with E-state index in [0.29, 0.717) is 25.7 Å². The molecule has 0 bridgehead atoms. The minimum atomic E-state index is -4.96. The van der Waals surface area contributed by atoms with E-state index in [1.54, 1.807) is 0 Å². The summed E-state index contributed by atoms with van der Waals surface area (Å²) in [5.41, 5.74) is 0. The zero-order valence-corrected chi connectivity index (χ0v) is 69.4. The van der Waals surface area contributed by atoms with Crippen molar-refractivity contribution in [2.75, 3.05) is 39.6 Å². The molecule has 3 N–H and O–H groups in total. The first-order valence-electron chi connectivity index (χ1n) is 43.5. The SMILES string of the molecule is CCCCCCCCCCCCCCCCCCCCCCCC(=O)O[C@H](COC(=O)CCCCCCCCCCCCCCCC(C)C)COP(=O)(O)OC[C@@H](O)COP(=O)(O)OC[C@@H](COC(=O)CCCCCCCCCCCC(C)C)OC(=O)CCCCCCCCCCCCCCCC. The Balaban J connectivity index is 5.24. The Morgan fingerprint density at radius 3 is 0.660 bits per heavy atom. The summed E-state index contributed by atoms with van der Waals surface area (Å²) in [4.78, 5) is 73.2. The maximum Gasteiger partial charge on any atom is 0.472 e. The van der Waals surface area contributed by atoms with E-state index in [1.807, 2.05) is 0 Å². The highest BCUT2D eigenvalue weighted by atomic mass is 31.2. The Bertz CT molecular complexity index is 1980. The largest absolute Gasteiger partial charge is 0.472 e. The summed E-state index contributed by atoms with van der Waals surface area (Å²) in [6, 6.07) is 0. The topological polar surface area (TPSA) is 237 Å². The Labute approximate surface area is 632 Å². The number of aliphatic hydroxyl groups excluding tert-OH is 1. The van der Waals surface area contributed by atoms with Crippen molar-refractivity contribution in [3.05, 3.63) is 0 Å². The molecule has 0 saturated carbocycles. The van der Waals surface area contributed by atoms with Gasteiger partial charge < -0.3 is 33.8 Å². The van der Waals surface area contributed by atoms with E-state index in [4.69, 9.17) is 37.0 Å². The molecule has 0 fully saturated rings. The van der Waals surface area contributed by atoms with E-state index in [-0.39, 0.29) is 25.7 Å². The lowest BCUT2D eigenvalue weighted by atomic mass is 10.0. The summed E-state index contributed by atoms with van der Waals surface area (Å²) in [6.45, 7) is 9.66. The van der Waals surface area contributed by atoms with Crippen molar-refractivity contribution in [1.82, 2.24) is 0 Å². The second kappa shape index (κ2) is 75.5. The van der Waals surface area contributed by atoms with Crippen molar-refractivity contribution in [3.8, 4) is 0 Å². The molecule has 612 valence electrons. The van der Waals surface area contributed by atoms with Crippen LogP contribution in [-0.4, -0.2) is 96.7 Å². The molecule has 0 aromatic heterocycles. The second-order valence-electron chi connectivity index (χ2n) is 31.2. The lowest BCUT2D eigenvalue weighted by Gasteiger charge is -2.21. The van der Waals surface area contributed by atoms with Gasteiger partial charge in [0.1, 0.15) is 19.3 Å². The van der Waals surface area contributed by atoms with Crippen LogP contribution in [0.1, 0.15) is 446 Å². The van der Waals surface area contributed by atoms with E-state index in [9.17, 15) is 43.2 Å². The first kappa shape index (κ1) is 101. The molecule has 0 aliphatic rings. The highest BCUT2D eigenvalue weighted by molar-refractivity contribution is 7.47. The number of unbranched alkanes of at least 4 members (excludes halogenated alkanes) is 53. The molecule has 0 amide bonds. The van der Waals surface area contributed by atoms with Crippen molar-refractivity contribution in [1.29, 1.82) is 0 Å². The van der Waals surface area contributed by atoms with E-state index in [0.717, 1.165) is 102 Å². The van der Waals surface area contributed by atoms with E-state index in [1.165, 1.54) is 263 Å². The van der Waals surface area contributed by atoms with Crippen molar-refractivity contribution >= 4 is 39.5 Å². The highest BCUT2D eigenvalue weighted by Gasteiger charge is 2.30. The number of phosphoric ester groups is 2. The van der Waals surface area contributed by atoms with Crippen LogP contribution in [0.5, 0.6) is 0 Å². The van der Waals surface area contributed by atoms with Crippen LogP contribution in [0.15, 0.2) is 0 Å². The number of phosphoric acid groups is 2. The Hall–Kier alpha value is -1.94. The standard InChI is InChI=1S/C84H164O17P2/c1-7-9-11-13-15-17-19-21-23-24-25-26-27-28-29-33-38-44-51-57-63-69-84(89)100-79(72-94-81(86)66-60-54-48-42-36-34-30-31-35-40-46-52-58-64-76(3)4)74-98-102(90,91)96-70-78(85)71-97-103(92,93)99-75-80(73-95-82(87)67-61-55-49-45-39-41-47-53-59-65-77(5)6)101-83(88)68-62-56-50-43-37-32-22-20-18-16-14-12-10-8-2/h76-80,85H,7-75H2,1-6H3,(H,90,91)(H,92,93)/t78-,79-,80-/m1/s1. The van der Waals surface area contributed by atoms with Gasteiger partial charge in [-0.2, -0.15) is 0 Å². The fourth-order valence-corrected chi connectivity index (χ4v) is 14.6. The molecular formula is C84H164O17P2. The van der Waals surface area contributed by atoms with Gasteiger partial charge in [-0.15, -0.1) is 0 Å². The number of rotatable bonds is 83. The zero-order chi connectivity index (χ0) is 75.6. The molecule has 2 unspecified atom stereocenters. The van der Waals surface area contributed by atoms with E-state index < -0.39 is 97.5 Å². The quantitative estimate of drug-likeness (QED) is 0.0222. The van der Waals surface area contributed by atoms with Crippen molar-refractivity contribution < 1.29 is 80.2 Å². The second-order valence-corrected chi connectivity index (χ2v) is 34.1. The van der Waals surface area contributed by atoms with Crippen LogP contribution in [0.4, 0.5) is 0 Å². The van der Waals surface area contributed by atoms with Crippen LogP contribution in [0.3, 0.4) is 0 Å². The Kier molecular flexibility index (Phi) is 74.1. The molecular weight excluding hydrogens is 1340 g/mol. The van der Waals surface area contributed by atoms with Crippen LogP contribution >= 0.6 is 15.6 Å². The van der Waals surface area contributed by atoms with Crippen LogP contribution < -0.4 is 0 Å². The lowest BCUT2D eigenvalue weighted by molar-refractivity contribution is -0.161. The zero-order valence-electron chi connectivity index (χ0n) is 67.6. The van der Waals surface area contributed by atoms with Gasteiger partial charge >= 0.3 is 39.5 Å². The molecule has 0 saturated heterocycles. The summed E-state index contributed by atoms with van der Waals surface area (Å²) in [6.07, 6.45) is 66.6.